The number of rotatable bonds is 4. The number of nitrogens with zero attached hydrogens (tertiary/aromatic N) is 1. The number of nitrogens with one attached hydrogen (secondary N) is 1. The highest BCUT2D eigenvalue weighted by molar-refractivity contribution is 9.10. The van der Waals surface area contributed by atoms with Crippen molar-refractivity contribution in [3.63, 3.8) is 0 Å². The summed E-state index contributed by atoms with van der Waals surface area (Å²) in [6.45, 7) is 0. The summed E-state index contributed by atoms with van der Waals surface area (Å²) in [6, 6.07) is 2.76. The Morgan fingerprint density at radius 1 is 1.45 bits per heavy atom. The van der Waals surface area contributed by atoms with Crippen molar-refractivity contribution in [2.45, 2.75) is 38.1 Å². The molecule has 0 spiro atoms. The van der Waals surface area contributed by atoms with Crippen molar-refractivity contribution in [3.8, 4) is 0 Å². The molecule has 0 radical (unpaired) electrons. The molecule has 1 aliphatic rings. The fourth-order valence-electron chi connectivity index (χ4n) is 2.61. The molecule has 6 nitrogen and oxygen atoms in total. The fourth-order valence-corrected chi connectivity index (χ4v) is 2.92. The van der Waals surface area contributed by atoms with Gasteiger partial charge in [0.25, 0.3) is 5.91 Å². The molecule has 0 aromatic carbocycles. The second-order valence-corrected chi connectivity index (χ2v) is 5.76. The Bertz CT molecular complexity index is 495. The van der Waals surface area contributed by atoms with Crippen LogP contribution in [0, 0.1) is 5.92 Å². The minimum absolute atomic E-state index is 0.0378. The Balaban J connectivity index is 2.09. The van der Waals surface area contributed by atoms with Gasteiger partial charge in [0.1, 0.15) is 0 Å². The monoisotopic (exact) mass is 343 g/mol. The molecule has 1 fully saturated rings. The lowest BCUT2D eigenvalue weighted by Gasteiger charge is -2.29. The molecule has 20 heavy (non-hydrogen) atoms. The van der Waals surface area contributed by atoms with Gasteiger partial charge in [-0.05, 0) is 46.8 Å². The molecule has 1 unspecified atom stereocenters. The van der Waals surface area contributed by atoms with Gasteiger partial charge in [-0.2, -0.15) is 0 Å². The SMILES string of the molecule is N/C(=N\O)C(NC(=O)c1ccc(Br)o1)C1CCCCC1. The first kappa shape index (κ1) is 14.9. The van der Waals surface area contributed by atoms with Crippen LogP contribution in [0.1, 0.15) is 42.7 Å². The van der Waals surface area contributed by atoms with Gasteiger partial charge in [0.2, 0.25) is 0 Å². The minimum Gasteiger partial charge on any atom is -0.444 e. The molecular formula is C13H18BrN3O3. The standard InChI is InChI=1S/C13H18BrN3O3/c14-10-7-6-9(20-10)13(18)16-11(12(15)17-19)8-4-2-1-3-5-8/h6-8,11,19H,1-5H2,(H2,15,17)(H,16,18). The number of nitrogens with two attached hydrogens (primary N) is 1. The highest BCUT2D eigenvalue weighted by atomic mass is 79.9. The van der Waals surface area contributed by atoms with Gasteiger partial charge >= 0.3 is 0 Å². The number of halogens is 1. The van der Waals surface area contributed by atoms with Crippen LogP contribution in [0.15, 0.2) is 26.4 Å². The normalized spacial score (nSPS) is 18.8. The fraction of sp³-hybridized carbons (Fsp3) is 0.538. The quantitative estimate of drug-likeness (QED) is 0.338. The third-order valence-corrected chi connectivity index (χ3v) is 4.07. The van der Waals surface area contributed by atoms with E-state index in [0.29, 0.717) is 4.67 Å². The number of amidine groups is 1. The zero-order chi connectivity index (χ0) is 14.5. The van der Waals surface area contributed by atoms with E-state index in [1.807, 2.05) is 0 Å². The average molecular weight is 344 g/mol. The lowest BCUT2D eigenvalue weighted by atomic mass is 9.83. The van der Waals surface area contributed by atoms with Crippen molar-refractivity contribution in [2.24, 2.45) is 16.8 Å². The second kappa shape index (κ2) is 6.78. The first-order valence-electron chi connectivity index (χ1n) is 6.65. The molecule has 1 aromatic heterocycles. The highest BCUT2D eigenvalue weighted by Crippen LogP contribution is 2.27. The summed E-state index contributed by atoms with van der Waals surface area (Å²) in [4.78, 5) is 12.1. The predicted octanol–water partition coefficient (Wildman–Crippen LogP) is 2.47. The Morgan fingerprint density at radius 3 is 2.70 bits per heavy atom. The van der Waals surface area contributed by atoms with Crippen LogP contribution in [-0.2, 0) is 0 Å². The largest absolute Gasteiger partial charge is 0.444 e. The molecule has 0 bridgehead atoms. The van der Waals surface area contributed by atoms with Crippen molar-refractivity contribution < 1.29 is 14.4 Å². The Hall–Kier alpha value is -1.50. The summed E-state index contributed by atoms with van der Waals surface area (Å²) in [5.41, 5.74) is 5.73. The second-order valence-electron chi connectivity index (χ2n) is 4.98. The van der Waals surface area contributed by atoms with E-state index in [0.717, 1.165) is 25.7 Å². The topological polar surface area (TPSA) is 101 Å². The van der Waals surface area contributed by atoms with Gasteiger partial charge in [-0.3, -0.25) is 4.79 Å². The van der Waals surface area contributed by atoms with E-state index in [1.54, 1.807) is 12.1 Å². The Morgan fingerprint density at radius 2 is 2.15 bits per heavy atom. The van der Waals surface area contributed by atoms with Crippen LogP contribution in [0.3, 0.4) is 0 Å². The summed E-state index contributed by atoms with van der Waals surface area (Å²) in [5, 5.41) is 14.8. The smallest absolute Gasteiger partial charge is 0.287 e. The molecule has 1 atom stereocenters. The number of oxime groups is 1. The maximum absolute atomic E-state index is 12.1. The van der Waals surface area contributed by atoms with Crippen LogP contribution in [0.4, 0.5) is 0 Å². The van der Waals surface area contributed by atoms with E-state index >= 15 is 0 Å². The zero-order valence-corrected chi connectivity index (χ0v) is 12.6. The van der Waals surface area contributed by atoms with E-state index < -0.39 is 6.04 Å². The molecule has 0 aliphatic heterocycles. The van der Waals surface area contributed by atoms with E-state index in [9.17, 15) is 4.79 Å². The minimum atomic E-state index is -0.461. The Labute approximate surface area is 125 Å². The average Bonchev–Trinajstić information content (AvgIpc) is 2.91. The number of carbonyl (C=O) groups is 1. The molecule has 1 heterocycles. The summed E-state index contributed by atoms with van der Waals surface area (Å²) in [5.74, 6) is 0.0687. The molecule has 1 amide bonds. The highest BCUT2D eigenvalue weighted by Gasteiger charge is 2.29. The van der Waals surface area contributed by atoms with Crippen molar-refractivity contribution >= 4 is 27.7 Å². The van der Waals surface area contributed by atoms with Crippen LogP contribution >= 0.6 is 15.9 Å². The predicted molar refractivity (Wildman–Crippen MR) is 77.6 cm³/mol. The lowest BCUT2D eigenvalue weighted by Crippen LogP contribution is -2.49. The number of furan rings is 1. The van der Waals surface area contributed by atoms with E-state index in [2.05, 4.69) is 26.4 Å². The molecule has 110 valence electrons. The van der Waals surface area contributed by atoms with E-state index in [4.69, 9.17) is 15.4 Å². The van der Waals surface area contributed by atoms with Crippen molar-refractivity contribution in [1.29, 1.82) is 0 Å². The molecule has 4 N–H and O–H groups in total. The van der Waals surface area contributed by atoms with Gasteiger partial charge in [-0.15, -0.1) is 0 Å². The van der Waals surface area contributed by atoms with Gasteiger partial charge in [0.05, 0.1) is 6.04 Å². The van der Waals surface area contributed by atoms with Crippen LogP contribution in [0.25, 0.3) is 0 Å². The van der Waals surface area contributed by atoms with Crippen LogP contribution < -0.4 is 11.1 Å². The van der Waals surface area contributed by atoms with Gasteiger partial charge in [-0.1, -0.05) is 24.4 Å². The van der Waals surface area contributed by atoms with Gasteiger partial charge in [-0.25, -0.2) is 0 Å². The first-order chi connectivity index (χ1) is 9.61. The maximum atomic E-state index is 12.1. The van der Waals surface area contributed by atoms with Crippen LogP contribution in [0.5, 0.6) is 0 Å². The van der Waals surface area contributed by atoms with Gasteiger partial charge < -0.3 is 20.7 Å². The summed E-state index contributed by atoms with van der Waals surface area (Å²) in [6.07, 6.45) is 5.31. The van der Waals surface area contributed by atoms with Crippen molar-refractivity contribution in [2.75, 3.05) is 0 Å². The number of amides is 1. The van der Waals surface area contributed by atoms with Gasteiger partial charge in [0.15, 0.2) is 16.3 Å². The molecule has 7 heteroatoms. The van der Waals surface area contributed by atoms with Crippen molar-refractivity contribution in [3.05, 3.63) is 22.6 Å². The van der Waals surface area contributed by atoms with Gasteiger partial charge in [0, 0.05) is 0 Å². The van der Waals surface area contributed by atoms with E-state index in [-0.39, 0.29) is 23.4 Å². The molecular weight excluding hydrogens is 326 g/mol. The number of hydrogen-bond acceptors (Lipinski definition) is 4. The van der Waals surface area contributed by atoms with Crippen molar-refractivity contribution in [1.82, 2.24) is 5.32 Å². The summed E-state index contributed by atoms with van der Waals surface area (Å²) in [7, 11) is 0. The summed E-state index contributed by atoms with van der Waals surface area (Å²) < 4.78 is 5.70. The molecule has 1 saturated carbocycles. The molecule has 0 saturated heterocycles. The third kappa shape index (κ3) is 3.53. The third-order valence-electron chi connectivity index (χ3n) is 3.64. The van der Waals surface area contributed by atoms with E-state index in [1.165, 1.54) is 6.42 Å². The van der Waals surface area contributed by atoms with Crippen LogP contribution in [-0.4, -0.2) is 23.0 Å². The maximum Gasteiger partial charge on any atom is 0.287 e. The Kier molecular flexibility index (Phi) is 5.05. The zero-order valence-electron chi connectivity index (χ0n) is 11.0. The molecule has 1 aromatic rings. The number of carbonyl (C=O) groups excluding carboxylic acids is 1. The molecule has 1 aliphatic carbocycles. The first-order valence-corrected chi connectivity index (χ1v) is 7.44. The summed E-state index contributed by atoms with van der Waals surface area (Å²) >= 11 is 3.15. The number of hydrogen-bond donors (Lipinski definition) is 3. The molecule has 2 rings (SSSR count). The lowest BCUT2D eigenvalue weighted by molar-refractivity contribution is 0.0901. The van der Waals surface area contributed by atoms with Crippen LogP contribution in [0.2, 0.25) is 0 Å².